The van der Waals surface area contributed by atoms with Crippen LogP contribution in [0.4, 0.5) is 0 Å². The highest BCUT2D eigenvalue weighted by molar-refractivity contribution is 5.81. The number of carbonyl (C=O) groups excluding carboxylic acids is 2. The fourth-order valence-corrected chi connectivity index (χ4v) is 2.41. The second-order valence-electron chi connectivity index (χ2n) is 6.36. The summed E-state index contributed by atoms with van der Waals surface area (Å²) in [6.07, 6.45) is 0.894. The first-order valence-electron chi connectivity index (χ1n) is 7.47. The molecule has 1 fully saturated rings. The summed E-state index contributed by atoms with van der Waals surface area (Å²) in [6, 6.07) is -0.236. The van der Waals surface area contributed by atoms with Gasteiger partial charge in [-0.3, -0.25) is 14.5 Å². The average Bonchev–Trinajstić information content (AvgIpc) is 2.61. The largest absolute Gasteiger partial charge is 0.465 e. The quantitative estimate of drug-likeness (QED) is 0.737. The lowest BCUT2D eigenvalue weighted by atomic mass is 9.94. The first-order chi connectivity index (χ1) is 9.27. The molecule has 5 nitrogen and oxygen atoms in total. The topological polar surface area (TPSA) is 49.9 Å². The van der Waals surface area contributed by atoms with Crippen LogP contribution in [0.15, 0.2) is 0 Å². The molecule has 0 aromatic heterocycles. The van der Waals surface area contributed by atoms with Gasteiger partial charge in [0.15, 0.2) is 0 Å². The SMILES string of the molecule is CCOC(=O)[C@@H](C)N1CCCN(C(=O)C(C)(C)C)CC1. The highest BCUT2D eigenvalue weighted by atomic mass is 16.5. The van der Waals surface area contributed by atoms with E-state index < -0.39 is 0 Å². The predicted octanol–water partition coefficient (Wildman–Crippen LogP) is 1.52. The Morgan fingerprint density at radius 3 is 2.35 bits per heavy atom. The zero-order valence-electron chi connectivity index (χ0n) is 13.4. The van der Waals surface area contributed by atoms with E-state index in [1.165, 1.54) is 0 Å². The van der Waals surface area contributed by atoms with E-state index in [4.69, 9.17) is 4.74 Å². The molecule has 116 valence electrons. The van der Waals surface area contributed by atoms with Gasteiger partial charge in [0.05, 0.1) is 6.61 Å². The van der Waals surface area contributed by atoms with E-state index in [2.05, 4.69) is 4.90 Å². The van der Waals surface area contributed by atoms with Crippen LogP contribution in [0.25, 0.3) is 0 Å². The lowest BCUT2D eigenvalue weighted by molar-refractivity contribution is -0.148. The average molecular weight is 284 g/mol. The van der Waals surface area contributed by atoms with Gasteiger partial charge in [-0.25, -0.2) is 0 Å². The summed E-state index contributed by atoms with van der Waals surface area (Å²) < 4.78 is 5.07. The van der Waals surface area contributed by atoms with Crippen LogP contribution in [0.1, 0.15) is 41.0 Å². The van der Waals surface area contributed by atoms with Gasteiger partial charge in [0.2, 0.25) is 5.91 Å². The van der Waals surface area contributed by atoms with Gasteiger partial charge in [-0.15, -0.1) is 0 Å². The Kier molecular flexibility index (Phi) is 5.99. The molecule has 0 N–H and O–H groups in total. The van der Waals surface area contributed by atoms with Crippen LogP contribution in [0, 0.1) is 5.41 Å². The van der Waals surface area contributed by atoms with Gasteiger partial charge in [0, 0.05) is 31.6 Å². The summed E-state index contributed by atoms with van der Waals surface area (Å²) in [5.41, 5.74) is -0.345. The Morgan fingerprint density at radius 1 is 1.15 bits per heavy atom. The third-order valence-electron chi connectivity index (χ3n) is 3.63. The van der Waals surface area contributed by atoms with E-state index in [1.54, 1.807) is 0 Å². The number of rotatable bonds is 3. The molecule has 1 atom stereocenters. The van der Waals surface area contributed by atoms with Gasteiger partial charge >= 0.3 is 5.97 Å². The van der Waals surface area contributed by atoms with Crippen LogP contribution in [0.3, 0.4) is 0 Å². The number of amides is 1. The van der Waals surface area contributed by atoms with Crippen molar-refractivity contribution in [2.24, 2.45) is 5.41 Å². The summed E-state index contributed by atoms with van der Waals surface area (Å²) >= 11 is 0. The molecular weight excluding hydrogens is 256 g/mol. The van der Waals surface area contributed by atoms with Crippen molar-refractivity contribution in [3.8, 4) is 0 Å². The molecule has 0 radical (unpaired) electrons. The number of ether oxygens (including phenoxy) is 1. The van der Waals surface area contributed by atoms with Crippen LogP contribution in [-0.2, 0) is 14.3 Å². The second-order valence-corrected chi connectivity index (χ2v) is 6.36. The van der Waals surface area contributed by atoms with Crippen LogP contribution >= 0.6 is 0 Å². The first kappa shape index (κ1) is 17.0. The summed E-state index contributed by atoms with van der Waals surface area (Å²) in [5.74, 6) is 0.00577. The molecule has 0 aliphatic carbocycles. The molecule has 1 aliphatic heterocycles. The van der Waals surface area contributed by atoms with Crippen molar-refractivity contribution in [2.75, 3.05) is 32.8 Å². The molecular formula is C15H28N2O3. The minimum absolute atomic E-state index is 0.178. The number of nitrogens with zero attached hydrogens (tertiary/aromatic N) is 2. The van der Waals surface area contributed by atoms with Crippen molar-refractivity contribution in [1.82, 2.24) is 9.80 Å². The van der Waals surface area contributed by atoms with E-state index in [1.807, 2.05) is 39.5 Å². The van der Waals surface area contributed by atoms with Gasteiger partial charge in [-0.2, -0.15) is 0 Å². The maximum absolute atomic E-state index is 12.3. The second kappa shape index (κ2) is 7.07. The Morgan fingerprint density at radius 2 is 1.80 bits per heavy atom. The van der Waals surface area contributed by atoms with Crippen LogP contribution < -0.4 is 0 Å². The van der Waals surface area contributed by atoms with Gasteiger partial charge in [0.25, 0.3) is 0 Å². The zero-order chi connectivity index (χ0) is 15.3. The summed E-state index contributed by atoms with van der Waals surface area (Å²) in [7, 11) is 0. The monoisotopic (exact) mass is 284 g/mol. The fraction of sp³-hybridized carbons (Fsp3) is 0.867. The first-order valence-corrected chi connectivity index (χ1v) is 7.47. The molecule has 0 aromatic carbocycles. The molecule has 5 heteroatoms. The molecule has 1 amide bonds. The third-order valence-corrected chi connectivity index (χ3v) is 3.63. The summed E-state index contributed by atoms with van der Waals surface area (Å²) in [4.78, 5) is 28.1. The van der Waals surface area contributed by atoms with Gasteiger partial charge in [0.1, 0.15) is 6.04 Å². The normalized spacial score (nSPS) is 19.4. The predicted molar refractivity (Wildman–Crippen MR) is 78.3 cm³/mol. The fourth-order valence-electron chi connectivity index (χ4n) is 2.41. The Hall–Kier alpha value is -1.10. The molecule has 0 spiro atoms. The molecule has 1 saturated heterocycles. The maximum Gasteiger partial charge on any atom is 0.323 e. The Labute approximate surface area is 122 Å². The van der Waals surface area contributed by atoms with Crippen molar-refractivity contribution < 1.29 is 14.3 Å². The molecule has 1 heterocycles. The molecule has 1 aliphatic rings. The molecule has 0 unspecified atom stereocenters. The summed E-state index contributed by atoms with van der Waals surface area (Å²) in [6.45, 7) is 12.9. The minimum atomic E-state index is -0.345. The lowest BCUT2D eigenvalue weighted by Crippen LogP contribution is -2.44. The van der Waals surface area contributed by atoms with Gasteiger partial charge in [-0.05, 0) is 20.3 Å². The molecule has 1 rings (SSSR count). The van der Waals surface area contributed by atoms with E-state index in [0.717, 1.165) is 26.1 Å². The zero-order valence-corrected chi connectivity index (χ0v) is 13.4. The number of carbonyl (C=O) groups is 2. The van der Waals surface area contributed by atoms with Crippen molar-refractivity contribution in [2.45, 2.75) is 47.1 Å². The van der Waals surface area contributed by atoms with Crippen molar-refractivity contribution in [3.05, 3.63) is 0 Å². The molecule has 0 saturated carbocycles. The van der Waals surface area contributed by atoms with E-state index in [9.17, 15) is 9.59 Å². The van der Waals surface area contributed by atoms with E-state index >= 15 is 0 Å². The molecule has 0 bridgehead atoms. The summed E-state index contributed by atoms with van der Waals surface area (Å²) in [5, 5.41) is 0. The molecule has 20 heavy (non-hydrogen) atoms. The van der Waals surface area contributed by atoms with Crippen molar-refractivity contribution in [3.63, 3.8) is 0 Å². The smallest absolute Gasteiger partial charge is 0.323 e. The standard InChI is InChI=1S/C15H28N2O3/c1-6-20-13(18)12(2)16-8-7-9-17(11-10-16)14(19)15(3,4)5/h12H,6-11H2,1-5H3/t12-/m1/s1. The number of hydrogen-bond acceptors (Lipinski definition) is 4. The Bertz CT molecular complexity index is 350. The van der Waals surface area contributed by atoms with Crippen LogP contribution in [0.5, 0.6) is 0 Å². The molecule has 0 aromatic rings. The van der Waals surface area contributed by atoms with Gasteiger partial charge in [-0.1, -0.05) is 20.8 Å². The van der Waals surface area contributed by atoms with Crippen molar-refractivity contribution in [1.29, 1.82) is 0 Å². The highest BCUT2D eigenvalue weighted by Crippen LogP contribution is 2.19. The third kappa shape index (κ3) is 4.47. The number of hydrogen-bond donors (Lipinski definition) is 0. The van der Waals surface area contributed by atoms with Crippen molar-refractivity contribution >= 4 is 11.9 Å². The maximum atomic E-state index is 12.3. The lowest BCUT2D eigenvalue weighted by Gasteiger charge is -2.29. The Balaban J connectivity index is 2.59. The number of esters is 1. The van der Waals surface area contributed by atoms with E-state index in [0.29, 0.717) is 13.2 Å². The van der Waals surface area contributed by atoms with Crippen LogP contribution in [0.2, 0.25) is 0 Å². The van der Waals surface area contributed by atoms with Crippen LogP contribution in [-0.4, -0.2) is 60.5 Å². The van der Waals surface area contributed by atoms with E-state index in [-0.39, 0.29) is 23.3 Å². The highest BCUT2D eigenvalue weighted by Gasteiger charge is 2.30. The van der Waals surface area contributed by atoms with Gasteiger partial charge < -0.3 is 9.64 Å². The minimum Gasteiger partial charge on any atom is -0.465 e.